The van der Waals surface area contributed by atoms with Gasteiger partial charge in [-0.1, -0.05) is 6.07 Å². The highest BCUT2D eigenvalue weighted by molar-refractivity contribution is 5.89. The lowest BCUT2D eigenvalue weighted by Gasteiger charge is -2.32. The molecule has 2 heterocycles. The summed E-state index contributed by atoms with van der Waals surface area (Å²) in [4.78, 5) is 14.9. The first kappa shape index (κ1) is 16.9. The molecule has 5 nitrogen and oxygen atoms in total. The molecule has 2 atom stereocenters. The molecule has 4 rings (SSSR count). The van der Waals surface area contributed by atoms with Crippen molar-refractivity contribution in [3.05, 3.63) is 29.3 Å². The zero-order chi connectivity index (χ0) is 17.1. The fourth-order valence-corrected chi connectivity index (χ4v) is 4.55. The number of hydrogen-bond acceptors (Lipinski definition) is 3. The summed E-state index contributed by atoms with van der Waals surface area (Å²) in [6, 6.07) is 6.61. The van der Waals surface area contributed by atoms with Gasteiger partial charge in [-0.25, -0.2) is 4.79 Å². The molecule has 5 heteroatoms. The second-order valence-electron chi connectivity index (χ2n) is 7.61. The van der Waals surface area contributed by atoms with Crippen molar-refractivity contribution in [3.8, 4) is 0 Å². The zero-order valence-electron chi connectivity index (χ0n) is 14.9. The van der Waals surface area contributed by atoms with Crippen LogP contribution in [0.2, 0.25) is 0 Å². The van der Waals surface area contributed by atoms with E-state index >= 15 is 0 Å². The number of rotatable bonds is 5. The molecule has 2 amide bonds. The summed E-state index contributed by atoms with van der Waals surface area (Å²) in [5.74, 6) is 0.540. The number of urea groups is 1. The summed E-state index contributed by atoms with van der Waals surface area (Å²) in [6.45, 7) is 4.68. The SMILES string of the molecule is O=C(NC[C@H]([C@H]1CCOC1)N1CCCC1)Nc1ccc2c(c1)CCC2. The van der Waals surface area contributed by atoms with Crippen molar-refractivity contribution < 1.29 is 9.53 Å². The molecule has 1 aliphatic carbocycles. The maximum atomic E-state index is 12.4. The monoisotopic (exact) mass is 343 g/mol. The third kappa shape index (κ3) is 3.98. The number of anilines is 1. The number of amides is 2. The number of fused-ring (bicyclic) bond motifs is 1. The minimum Gasteiger partial charge on any atom is -0.381 e. The average molecular weight is 343 g/mol. The van der Waals surface area contributed by atoms with E-state index in [1.165, 1.54) is 36.8 Å². The van der Waals surface area contributed by atoms with Gasteiger partial charge >= 0.3 is 6.03 Å². The molecule has 0 radical (unpaired) electrons. The van der Waals surface area contributed by atoms with Gasteiger partial charge in [0.15, 0.2) is 0 Å². The van der Waals surface area contributed by atoms with Crippen LogP contribution in [0.15, 0.2) is 18.2 Å². The van der Waals surface area contributed by atoms with Gasteiger partial charge in [0.1, 0.15) is 0 Å². The fourth-order valence-electron chi connectivity index (χ4n) is 4.55. The van der Waals surface area contributed by atoms with Gasteiger partial charge < -0.3 is 15.4 Å². The Labute approximate surface area is 150 Å². The molecule has 1 aromatic carbocycles. The third-order valence-corrected chi connectivity index (χ3v) is 5.95. The Morgan fingerprint density at radius 2 is 2.04 bits per heavy atom. The largest absolute Gasteiger partial charge is 0.381 e. The number of likely N-dealkylation sites (tertiary alicyclic amines) is 1. The van der Waals surface area contributed by atoms with E-state index in [1.54, 1.807) is 0 Å². The van der Waals surface area contributed by atoms with E-state index in [-0.39, 0.29) is 6.03 Å². The molecule has 136 valence electrons. The van der Waals surface area contributed by atoms with Crippen LogP contribution in [-0.2, 0) is 17.6 Å². The van der Waals surface area contributed by atoms with Crippen molar-refractivity contribution in [2.75, 3.05) is 38.2 Å². The smallest absolute Gasteiger partial charge is 0.319 e. The molecule has 2 N–H and O–H groups in total. The Balaban J connectivity index is 1.33. The van der Waals surface area contributed by atoms with Crippen molar-refractivity contribution in [1.82, 2.24) is 10.2 Å². The first-order chi connectivity index (χ1) is 12.3. The molecule has 0 unspecified atom stereocenters. The molecule has 3 aliphatic rings. The summed E-state index contributed by atoms with van der Waals surface area (Å²) in [6.07, 6.45) is 7.17. The summed E-state index contributed by atoms with van der Waals surface area (Å²) in [5, 5.41) is 6.11. The third-order valence-electron chi connectivity index (χ3n) is 5.95. The maximum absolute atomic E-state index is 12.4. The number of nitrogens with zero attached hydrogens (tertiary/aromatic N) is 1. The van der Waals surface area contributed by atoms with Crippen LogP contribution in [0.5, 0.6) is 0 Å². The molecular weight excluding hydrogens is 314 g/mol. The van der Waals surface area contributed by atoms with E-state index in [1.807, 2.05) is 6.07 Å². The minimum absolute atomic E-state index is 0.0962. The fraction of sp³-hybridized carbons (Fsp3) is 0.650. The van der Waals surface area contributed by atoms with Gasteiger partial charge in [0.2, 0.25) is 0 Å². The normalized spacial score (nSPS) is 24.2. The van der Waals surface area contributed by atoms with Crippen LogP contribution >= 0.6 is 0 Å². The lowest BCUT2D eigenvalue weighted by atomic mass is 9.97. The molecule has 0 spiro atoms. The summed E-state index contributed by atoms with van der Waals surface area (Å²) in [5.41, 5.74) is 3.72. The van der Waals surface area contributed by atoms with Crippen LogP contribution in [-0.4, -0.2) is 49.8 Å². The van der Waals surface area contributed by atoms with E-state index in [4.69, 9.17) is 4.74 Å². The zero-order valence-corrected chi connectivity index (χ0v) is 14.9. The highest BCUT2D eigenvalue weighted by atomic mass is 16.5. The van der Waals surface area contributed by atoms with Gasteiger partial charge in [-0.05, 0) is 74.9 Å². The highest BCUT2D eigenvalue weighted by Gasteiger charge is 2.32. The van der Waals surface area contributed by atoms with E-state index < -0.39 is 0 Å². The van der Waals surface area contributed by atoms with Crippen molar-refractivity contribution in [1.29, 1.82) is 0 Å². The molecule has 0 aromatic heterocycles. The summed E-state index contributed by atoms with van der Waals surface area (Å²) < 4.78 is 5.59. The number of hydrogen-bond donors (Lipinski definition) is 2. The van der Waals surface area contributed by atoms with Gasteiger partial charge in [0.25, 0.3) is 0 Å². The Hall–Kier alpha value is -1.59. The van der Waals surface area contributed by atoms with Crippen LogP contribution in [0.3, 0.4) is 0 Å². The quantitative estimate of drug-likeness (QED) is 0.864. The van der Waals surface area contributed by atoms with Gasteiger partial charge in [-0.2, -0.15) is 0 Å². The van der Waals surface area contributed by atoms with Gasteiger partial charge in [-0.15, -0.1) is 0 Å². The lowest BCUT2D eigenvalue weighted by molar-refractivity contribution is 0.135. The van der Waals surface area contributed by atoms with Crippen molar-refractivity contribution in [2.24, 2.45) is 5.92 Å². The molecule has 1 aromatic rings. The van der Waals surface area contributed by atoms with Crippen molar-refractivity contribution in [3.63, 3.8) is 0 Å². The Kier molecular flexibility index (Phi) is 5.22. The standard InChI is InChI=1S/C20H29N3O2/c24-20(22-18-7-6-15-4-3-5-16(15)12-18)21-13-19(17-8-11-25-14-17)23-9-1-2-10-23/h6-7,12,17,19H,1-5,8-11,13-14H2,(H2,21,22,24)/t17-,19+/m0/s1. The second-order valence-corrected chi connectivity index (χ2v) is 7.61. The van der Waals surface area contributed by atoms with E-state index in [9.17, 15) is 4.79 Å². The number of carbonyl (C=O) groups is 1. The molecule has 2 fully saturated rings. The number of benzene rings is 1. The van der Waals surface area contributed by atoms with Crippen LogP contribution in [0, 0.1) is 5.92 Å². The van der Waals surface area contributed by atoms with Gasteiger partial charge in [0, 0.05) is 30.8 Å². The summed E-state index contributed by atoms with van der Waals surface area (Å²) in [7, 11) is 0. The van der Waals surface area contributed by atoms with E-state index in [2.05, 4.69) is 27.7 Å². The molecule has 0 saturated carbocycles. The van der Waals surface area contributed by atoms with Crippen LogP contribution in [0.25, 0.3) is 0 Å². The topological polar surface area (TPSA) is 53.6 Å². The van der Waals surface area contributed by atoms with Crippen molar-refractivity contribution in [2.45, 2.75) is 44.6 Å². The number of aryl methyl sites for hydroxylation is 2. The maximum Gasteiger partial charge on any atom is 0.319 e. The average Bonchev–Trinajstić information content (AvgIpc) is 3.37. The Bertz CT molecular complexity index is 591. The predicted octanol–water partition coefficient (Wildman–Crippen LogP) is 2.80. The number of ether oxygens (including phenoxy) is 1. The molecule has 2 aliphatic heterocycles. The van der Waals surface area contributed by atoms with E-state index in [0.29, 0.717) is 18.5 Å². The highest BCUT2D eigenvalue weighted by Crippen LogP contribution is 2.25. The minimum atomic E-state index is -0.0962. The molecule has 0 bridgehead atoms. The first-order valence-corrected chi connectivity index (χ1v) is 9.78. The second kappa shape index (κ2) is 7.75. The van der Waals surface area contributed by atoms with Crippen LogP contribution in [0.1, 0.15) is 36.8 Å². The Morgan fingerprint density at radius 1 is 1.20 bits per heavy atom. The predicted molar refractivity (Wildman–Crippen MR) is 99.0 cm³/mol. The lowest BCUT2D eigenvalue weighted by Crippen LogP contribution is -2.48. The van der Waals surface area contributed by atoms with Crippen LogP contribution in [0.4, 0.5) is 10.5 Å². The molecule has 2 saturated heterocycles. The first-order valence-electron chi connectivity index (χ1n) is 9.78. The van der Waals surface area contributed by atoms with Crippen LogP contribution < -0.4 is 10.6 Å². The van der Waals surface area contributed by atoms with Gasteiger partial charge in [0.05, 0.1) is 6.61 Å². The number of nitrogens with one attached hydrogen (secondary N) is 2. The van der Waals surface area contributed by atoms with Crippen molar-refractivity contribution >= 4 is 11.7 Å². The molecular formula is C20H29N3O2. The van der Waals surface area contributed by atoms with E-state index in [0.717, 1.165) is 44.8 Å². The van der Waals surface area contributed by atoms with Gasteiger partial charge in [-0.3, -0.25) is 4.90 Å². The molecule has 25 heavy (non-hydrogen) atoms. The number of carbonyl (C=O) groups excluding carboxylic acids is 1. The summed E-state index contributed by atoms with van der Waals surface area (Å²) >= 11 is 0. The Morgan fingerprint density at radius 3 is 2.84 bits per heavy atom.